The highest BCUT2D eigenvalue weighted by atomic mass is 79.9. The van der Waals surface area contributed by atoms with Gasteiger partial charge in [-0.25, -0.2) is 9.97 Å². The Kier molecular flexibility index (Phi) is 5.79. The molecule has 0 bridgehead atoms. The number of aryl methyl sites for hydroxylation is 1. The van der Waals surface area contributed by atoms with Crippen molar-refractivity contribution in [3.63, 3.8) is 0 Å². The molecular formula is C18H15BrF3N5O3. The molecule has 0 fully saturated rings. The number of fused-ring (bicyclic) bond motifs is 1. The molecule has 0 spiro atoms. The number of nitro benzene ring substituents is 1. The zero-order valence-electron chi connectivity index (χ0n) is 15.9. The van der Waals surface area contributed by atoms with E-state index in [1.165, 1.54) is 7.11 Å². The van der Waals surface area contributed by atoms with Gasteiger partial charge in [0.25, 0.3) is 5.69 Å². The number of ether oxygens (including phenoxy) is 1. The summed E-state index contributed by atoms with van der Waals surface area (Å²) in [5.41, 5.74) is -1.33. The van der Waals surface area contributed by atoms with Gasteiger partial charge < -0.3 is 10.1 Å². The van der Waals surface area contributed by atoms with Crippen LogP contribution < -0.4 is 10.1 Å². The number of rotatable bonds is 5. The van der Waals surface area contributed by atoms with Gasteiger partial charge in [-0.3, -0.25) is 10.1 Å². The molecule has 2 heterocycles. The number of nitro groups is 1. The number of halogens is 4. The first kappa shape index (κ1) is 21.7. The Morgan fingerprint density at radius 3 is 2.50 bits per heavy atom. The van der Waals surface area contributed by atoms with Crippen molar-refractivity contribution in [3.8, 4) is 5.88 Å². The van der Waals surface area contributed by atoms with Crippen molar-refractivity contribution in [2.45, 2.75) is 26.1 Å². The summed E-state index contributed by atoms with van der Waals surface area (Å²) in [7, 11) is 1.45. The molecule has 1 atom stereocenters. The SMILES string of the molecule is COc1nc2nc(C)nc(N[C@H](C)c3cc([N+](=O)[O-])cc(C(F)(F)F)c3)c2cc1Br. The molecule has 0 radical (unpaired) electrons. The van der Waals surface area contributed by atoms with E-state index in [9.17, 15) is 23.3 Å². The highest BCUT2D eigenvalue weighted by Crippen LogP contribution is 2.35. The maximum absolute atomic E-state index is 13.2. The van der Waals surface area contributed by atoms with Crippen LogP contribution in [0.5, 0.6) is 5.88 Å². The van der Waals surface area contributed by atoms with E-state index in [1.807, 2.05) is 0 Å². The first-order valence-electron chi connectivity index (χ1n) is 8.51. The molecule has 3 aromatic rings. The topological polar surface area (TPSA) is 103 Å². The fraction of sp³-hybridized carbons (Fsp3) is 0.278. The van der Waals surface area contributed by atoms with Crippen molar-refractivity contribution < 1.29 is 22.8 Å². The fourth-order valence-electron chi connectivity index (χ4n) is 2.82. The lowest BCUT2D eigenvalue weighted by Crippen LogP contribution is -2.13. The average Bonchev–Trinajstić information content (AvgIpc) is 2.66. The van der Waals surface area contributed by atoms with Gasteiger partial charge in [-0.1, -0.05) is 0 Å². The Hall–Kier alpha value is -3.02. The van der Waals surface area contributed by atoms with E-state index >= 15 is 0 Å². The number of hydrogen-bond donors (Lipinski definition) is 1. The number of methoxy groups -OCH3 is 1. The Morgan fingerprint density at radius 2 is 1.90 bits per heavy atom. The second-order valence-electron chi connectivity index (χ2n) is 6.40. The van der Waals surface area contributed by atoms with E-state index in [4.69, 9.17) is 4.74 Å². The van der Waals surface area contributed by atoms with Crippen LogP contribution >= 0.6 is 15.9 Å². The van der Waals surface area contributed by atoms with E-state index < -0.39 is 28.4 Å². The van der Waals surface area contributed by atoms with E-state index in [-0.39, 0.29) is 5.56 Å². The Balaban J connectivity index is 2.07. The molecule has 1 aromatic carbocycles. The zero-order valence-corrected chi connectivity index (χ0v) is 17.5. The van der Waals surface area contributed by atoms with Crippen LogP contribution in [0.15, 0.2) is 28.7 Å². The average molecular weight is 486 g/mol. The highest BCUT2D eigenvalue weighted by molar-refractivity contribution is 9.10. The van der Waals surface area contributed by atoms with E-state index in [2.05, 4.69) is 36.2 Å². The molecule has 8 nitrogen and oxygen atoms in total. The van der Waals surface area contributed by atoms with E-state index in [1.54, 1.807) is 19.9 Å². The van der Waals surface area contributed by atoms with Gasteiger partial charge in [0.1, 0.15) is 11.6 Å². The van der Waals surface area contributed by atoms with Crippen LogP contribution in [0.25, 0.3) is 11.0 Å². The number of nitrogens with one attached hydrogen (secondary N) is 1. The molecule has 0 aliphatic rings. The lowest BCUT2D eigenvalue weighted by molar-refractivity contribution is -0.385. The number of nitrogens with zero attached hydrogens (tertiary/aromatic N) is 4. The molecule has 1 N–H and O–H groups in total. The van der Waals surface area contributed by atoms with Gasteiger partial charge in [0.2, 0.25) is 5.88 Å². The van der Waals surface area contributed by atoms with E-state index in [0.29, 0.717) is 39.1 Å². The molecular weight excluding hydrogens is 471 g/mol. The number of benzene rings is 1. The minimum absolute atomic E-state index is 0.0847. The second kappa shape index (κ2) is 8.01. The lowest BCUT2D eigenvalue weighted by atomic mass is 10.0. The van der Waals surface area contributed by atoms with Gasteiger partial charge in [0.05, 0.1) is 33.5 Å². The molecule has 2 aromatic heterocycles. The summed E-state index contributed by atoms with van der Waals surface area (Å²) in [5.74, 6) is 1.01. The quantitative estimate of drug-likeness (QED) is 0.391. The fourth-order valence-corrected chi connectivity index (χ4v) is 3.30. The normalized spacial score (nSPS) is 12.6. The molecule has 0 saturated carbocycles. The summed E-state index contributed by atoms with van der Waals surface area (Å²) in [5, 5.41) is 14.6. The molecule has 158 valence electrons. The standard InChI is InChI=1S/C18H15BrF3N5O3/c1-8(10-4-11(18(20,21)22)6-12(5-10)27(28)29)23-15-13-7-14(19)17(30-3)26-16(13)25-9(2)24-15/h4-8H,1-3H3,(H,23,24,25,26)/t8-/m1/s1. The number of anilines is 1. The molecule has 0 unspecified atom stereocenters. The Labute approximate surface area is 176 Å². The van der Waals surface area contributed by atoms with Gasteiger partial charge in [-0.05, 0) is 47.5 Å². The summed E-state index contributed by atoms with van der Waals surface area (Å²) >= 11 is 3.33. The summed E-state index contributed by atoms with van der Waals surface area (Å²) in [4.78, 5) is 23.1. The minimum Gasteiger partial charge on any atom is -0.480 e. The zero-order chi connectivity index (χ0) is 22.2. The van der Waals surface area contributed by atoms with Gasteiger partial charge in [0, 0.05) is 12.1 Å². The van der Waals surface area contributed by atoms with Crippen molar-refractivity contribution in [2.24, 2.45) is 0 Å². The molecule has 3 rings (SSSR count). The smallest absolute Gasteiger partial charge is 0.416 e. The van der Waals surface area contributed by atoms with Crippen molar-refractivity contribution in [1.29, 1.82) is 0 Å². The Morgan fingerprint density at radius 1 is 1.20 bits per heavy atom. The summed E-state index contributed by atoms with van der Waals surface area (Å²) in [6, 6.07) is 3.42. The molecule has 0 aliphatic heterocycles. The second-order valence-corrected chi connectivity index (χ2v) is 7.26. The van der Waals surface area contributed by atoms with Crippen LogP contribution in [0.2, 0.25) is 0 Å². The molecule has 12 heteroatoms. The summed E-state index contributed by atoms with van der Waals surface area (Å²) < 4.78 is 45.3. The predicted octanol–water partition coefficient (Wildman–Crippen LogP) is 5.20. The molecule has 0 aliphatic carbocycles. The predicted molar refractivity (Wildman–Crippen MR) is 106 cm³/mol. The first-order valence-corrected chi connectivity index (χ1v) is 9.31. The van der Waals surface area contributed by atoms with Gasteiger partial charge in [-0.15, -0.1) is 0 Å². The minimum atomic E-state index is -4.72. The Bertz CT molecular complexity index is 1140. The first-order chi connectivity index (χ1) is 14.0. The van der Waals surface area contributed by atoms with Crippen LogP contribution in [0.4, 0.5) is 24.7 Å². The third kappa shape index (κ3) is 4.42. The molecule has 0 saturated heterocycles. The van der Waals surface area contributed by atoms with Crippen LogP contribution in [0, 0.1) is 17.0 Å². The van der Waals surface area contributed by atoms with Crippen LogP contribution in [-0.2, 0) is 6.18 Å². The largest absolute Gasteiger partial charge is 0.480 e. The molecule has 30 heavy (non-hydrogen) atoms. The van der Waals surface area contributed by atoms with Gasteiger partial charge >= 0.3 is 6.18 Å². The lowest BCUT2D eigenvalue weighted by Gasteiger charge is -2.18. The number of non-ortho nitro benzene ring substituents is 1. The van der Waals surface area contributed by atoms with Gasteiger partial charge in [-0.2, -0.15) is 18.2 Å². The summed E-state index contributed by atoms with van der Waals surface area (Å²) in [6.07, 6.45) is -4.72. The molecule has 0 amide bonds. The maximum atomic E-state index is 13.2. The third-order valence-electron chi connectivity index (χ3n) is 4.24. The summed E-state index contributed by atoms with van der Waals surface area (Å²) in [6.45, 7) is 3.22. The van der Waals surface area contributed by atoms with Gasteiger partial charge in [0.15, 0.2) is 5.65 Å². The number of pyridine rings is 1. The number of aromatic nitrogens is 3. The van der Waals surface area contributed by atoms with E-state index in [0.717, 1.165) is 12.1 Å². The van der Waals surface area contributed by atoms with Crippen molar-refractivity contribution in [1.82, 2.24) is 15.0 Å². The van der Waals surface area contributed by atoms with Crippen LogP contribution in [0.3, 0.4) is 0 Å². The highest BCUT2D eigenvalue weighted by Gasteiger charge is 2.33. The third-order valence-corrected chi connectivity index (χ3v) is 4.81. The monoisotopic (exact) mass is 485 g/mol. The van der Waals surface area contributed by atoms with Crippen molar-refractivity contribution >= 4 is 38.5 Å². The van der Waals surface area contributed by atoms with Crippen LogP contribution in [-0.4, -0.2) is 27.0 Å². The number of alkyl halides is 3. The van der Waals surface area contributed by atoms with Crippen LogP contribution in [0.1, 0.15) is 29.9 Å². The van der Waals surface area contributed by atoms with Crippen molar-refractivity contribution in [2.75, 3.05) is 12.4 Å². The number of hydrogen-bond acceptors (Lipinski definition) is 7. The maximum Gasteiger partial charge on any atom is 0.416 e. The van der Waals surface area contributed by atoms with Crippen molar-refractivity contribution in [3.05, 3.63) is 55.8 Å².